The second-order valence-corrected chi connectivity index (χ2v) is 4.37. The Kier molecular flexibility index (Phi) is 3.56. The highest BCUT2D eigenvalue weighted by atomic mass is 16.3. The lowest BCUT2D eigenvalue weighted by atomic mass is 9.87. The molecule has 0 spiro atoms. The van der Waals surface area contributed by atoms with E-state index < -0.39 is 0 Å². The number of carbonyl (C=O) groups is 1. The van der Waals surface area contributed by atoms with E-state index in [-0.39, 0.29) is 12.0 Å². The first kappa shape index (κ1) is 11.1. The van der Waals surface area contributed by atoms with Crippen LogP contribution in [0.5, 0.6) is 0 Å². The first-order valence-electron chi connectivity index (χ1n) is 5.70. The van der Waals surface area contributed by atoms with E-state index >= 15 is 0 Å². The van der Waals surface area contributed by atoms with Gasteiger partial charge >= 0.3 is 0 Å². The maximum absolute atomic E-state index is 11.6. The Labute approximate surface area is 94.2 Å². The number of hydrogen-bond donors (Lipinski definition) is 3. The molecule has 1 heterocycles. The van der Waals surface area contributed by atoms with E-state index in [2.05, 4.69) is 15.5 Å². The van der Waals surface area contributed by atoms with Crippen LogP contribution in [0.15, 0.2) is 12.4 Å². The van der Waals surface area contributed by atoms with E-state index in [4.69, 9.17) is 0 Å². The Bertz CT molecular complexity index is 329. The standard InChI is InChI=1S/C11H17N3O2/c15-10-3-1-8(2-4-10)5-12-11(16)9-6-13-14-7-9/h6-8,10,15H,1-5H2,(H,12,16)(H,13,14). The van der Waals surface area contributed by atoms with Crippen LogP contribution in [-0.2, 0) is 0 Å². The molecule has 0 bridgehead atoms. The monoisotopic (exact) mass is 223 g/mol. The Morgan fingerprint density at radius 1 is 1.50 bits per heavy atom. The molecule has 1 fully saturated rings. The molecule has 1 aromatic rings. The van der Waals surface area contributed by atoms with Gasteiger partial charge in [0, 0.05) is 12.7 Å². The number of aliphatic hydroxyl groups excluding tert-OH is 1. The number of nitrogens with zero attached hydrogens (tertiary/aromatic N) is 1. The molecule has 1 aliphatic rings. The molecule has 0 atom stereocenters. The van der Waals surface area contributed by atoms with Crippen LogP contribution in [0.25, 0.3) is 0 Å². The number of H-pyrrole nitrogens is 1. The van der Waals surface area contributed by atoms with Gasteiger partial charge < -0.3 is 10.4 Å². The lowest BCUT2D eigenvalue weighted by molar-refractivity contribution is 0.0910. The summed E-state index contributed by atoms with van der Waals surface area (Å²) in [4.78, 5) is 11.6. The van der Waals surface area contributed by atoms with Crippen molar-refractivity contribution in [3.8, 4) is 0 Å². The molecule has 0 radical (unpaired) electrons. The van der Waals surface area contributed by atoms with Crippen molar-refractivity contribution in [1.82, 2.24) is 15.5 Å². The minimum absolute atomic E-state index is 0.0835. The first-order chi connectivity index (χ1) is 7.75. The topological polar surface area (TPSA) is 78.0 Å². The molecule has 1 saturated carbocycles. The van der Waals surface area contributed by atoms with Crippen LogP contribution < -0.4 is 5.32 Å². The Morgan fingerprint density at radius 2 is 2.25 bits per heavy atom. The molecule has 0 saturated heterocycles. The fourth-order valence-electron chi connectivity index (χ4n) is 2.06. The molecule has 1 aliphatic carbocycles. The van der Waals surface area contributed by atoms with Crippen LogP contribution in [0.4, 0.5) is 0 Å². The number of amides is 1. The van der Waals surface area contributed by atoms with Crippen molar-refractivity contribution >= 4 is 5.91 Å². The lowest BCUT2D eigenvalue weighted by Crippen LogP contribution is -2.31. The predicted molar refractivity (Wildman–Crippen MR) is 58.9 cm³/mol. The molecule has 0 aliphatic heterocycles. The number of aromatic nitrogens is 2. The van der Waals surface area contributed by atoms with E-state index in [1.807, 2.05) is 0 Å². The summed E-state index contributed by atoms with van der Waals surface area (Å²) in [7, 11) is 0. The van der Waals surface area contributed by atoms with Gasteiger partial charge in [-0.15, -0.1) is 0 Å². The van der Waals surface area contributed by atoms with Gasteiger partial charge in [-0.3, -0.25) is 9.89 Å². The first-order valence-corrected chi connectivity index (χ1v) is 5.70. The third kappa shape index (κ3) is 2.82. The lowest BCUT2D eigenvalue weighted by Gasteiger charge is -2.25. The second-order valence-electron chi connectivity index (χ2n) is 4.37. The quantitative estimate of drug-likeness (QED) is 0.705. The van der Waals surface area contributed by atoms with Gasteiger partial charge in [-0.1, -0.05) is 0 Å². The van der Waals surface area contributed by atoms with Gasteiger partial charge in [-0.25, -0.2) is 0 Å². The van der Waals surface area contributed by atoms with Gasteiger partial charge in [0.25, 0.3) is 5.91 Å². The minimum Gasteiger partial charge on any atom is -0.393 e. The SMILES string of the molecule is O=C(NCC1CCC(O)CC1)c1cn[nH]c1. The molecule has 0 unspecified atom stereocenters. The minimum atomic E-state index is -0.138. The van der Waals surface area contributed by atoms with Gasteiger partial charge in [-0.2, -0.15) is 5.10 Å². The van der Waals surface area contributed by atoms with Gasteiger partial charge in [-0.05, 0) is 31.6 Å². The van der Waals surface area contributed by atoms with Crippen LogP contribution >= 0.6 is 0 Å². The van der Waals surface area contributed by atoms with Crippen molar-refractivity contribution in [1.29, 1.82) is 0 Å². The third-order valence-electron chi connectivity index (χ3n) is 3.13. The summed E-state index contributed by atoms with van der Waals surface area (Å²) in [5.74, 6) is 0.416. The van der Waals surface area contributed by atoms with Crippen molar-refractivity contribution in [3.05, 3.63) is 18.0 Å². The maximum atomic E-state index is 11.6. The number of hydrogen-bond acceptors (Lipinski definition) is 3. The van der Waals surface area contributed by atoms with Crippen LogP contribution in [-0.4, -0.2) is 33.9 Å². The van der Waals surface area contributed by atoms with Crippen LogP contribution in [0.3, 0.4) is 0 Å². The Balaban J connectivity index is 1.73. The van der Waals surface area contributed by atoms with Crippen molar-refractivity contribution < 1.29 is 9.90 Å². The van der Waals surface area contributed by atoms with Crippen molar-refractivity contribution in [2.45, 2.75) is 31.8 Å². The summed E-state index contributed by atoms with van der Waals surface area (Å²) in [6.45, 7) is 0.691. The second kappa shape index (κ2) is 5.12. The molecule has 5 nitrogen and oxygen atoms in total. The zero-order valence-electron chi connectivity index (χ0n) is 9.15. The number of aliphatic hydroxyl groups is 1. The third-order valence-corrected chi connectivity index (χ3v) is 3.13. The fraction of sp³-hybridized carbons (Fsp3) is 0.636. The smallest absolute Gasteiger partial charge is 0.254 e. The van der Waals surface area contributed by atoms with Crippen molar-refractivity contribution in [3.63, 3.8) is 0 Å². The summed E-state index contributed by atoms with van der Waals surface area (Å²) in [5.41, 5.74) is 0.566. The Morgan fingerprint density at radius 3 is 2.88 bits per heavy atom. The van der Waals surface area contributed by atoms with E-state index in [0.29, 0.717) is 18.0 Å². The molecular weight excluding hydrogens is 206 g/mol. The average Bonchev–Trinajstić information content (AvgIpc) is 2.81. The number of carbonyl (C=O) groups excluding carboxylic acids is 1. The number of aromatic amines is 1. The van der Waals surface area contributed by atoms with Gasteiger partial charge in [0.05, 0.1) is 17.9 Å². The van der Waals surface area contributed by atoms with E-state index in [1.165, 1.54) is 6.20 Å². The van der Waals surface area contributed by atoms with Gasteiger partial charge in [0.15, 0.2) is 0 Å². The summed E-state index contributed by atoms with van der Waals surface area (Å²) >= 11 is 0. The number of rotatable bonds is 3. The van der Waals surface area contributed by atoms with Crippen LogP contribution in [0.1, 0.15) is 36.0 Å². The van der Waals surface area contributed by atoms with Crippen LogP contribution in [0, 0.1) is 5.92 Å². The Hall–Kier alpha value is -1.36. The summed E-state index contributed by atoms with van der Waals surface area (Å²) in [6, 6.07) is 0. The molecule has 2 rings (SSSR count). The fourth-order valence-corrected chi connectivity index (χ4v) is 2.06. The molecule has 16 heavy (non-hydrogen) atoms. The van der Waals surface area contributed by atoms with Gasteiger partial charge in [0.1, 0.15) is 0 Å². The highest BCUT2D eigenvalue weighted by Gasteiger charge is 2.19. The molecule has 1 aromatic heterocycles. The normalized spacial score (nSPS) is 25.3. The largest absolute Gasteiger partial charge is 0.393 e. The maximum Gasteiger partial charge on any atom is 0.254 e. The van der Waals surface area contributed by atoms with Crippen molar-refractivity contribution in [2.24, 2.45) is 5.92 Å². The summed E-state index contributed by atoms with van der Waals surface area (Å²) in [6.07, 6.45) is 6.65. The molecule has 3 N–H and O–H groups in total. The zero-order chi connectivity index (χ0) is 11.4. The number of nitrogens with one attached hydrogen (secondary N) is 2. The molecule has 88 valence electrons. The summed E-state index contributed by atoms with van der Waals surface area (Å²) < 4.78 is 0. The molecular formula is C11H17N3O2. The molecule has 0 aromatic carbocycles. The van der Waals surface area contributed by atoms with E-state index in [9.17, 15) is 9.90 Å². The van der Waals surface area contributed by atoms with E-state index in [0.717, 1.165) is 25.7 Å². The average molecular weight is 223 g/mol. The highest BCUT2D eigenvalue weighted by Crippen LogP contribution is 2.23. The molecule has 1 amide bonds. The summed E-state index contributed by atoms with van der Waals surface area (Å²) in [5, 5.41) is 18.6. The van der Waals surface area contributed by atoms with Crippen LogP contribution in [0.2, 0.25) is 0 Å². The highest BCUT2D eigenvalue weighted by molar-refractivity contribution is 5.93. The van der Waals surface area contributed by atoms with Crippen molar-refractivity contribution in [2.75, 3.05) is 6.54 Å². The zero-order valence-corrected chi connectivity index (χ0v) is 9.15. The van der Waals surface area contributed by atoms with Gasteiger partial charge in [0.2, 0.25) is 0 Å². The van der Waals surface area contributed by atoms with E-state index in [1.54, 1.807) is 6.20 Å². The molecule has 5 heteroatoms. The predicted octanol–water partition coefficient (Wildman–Crippen LogP) is 0.691.